The molecule has 0 N–H and O–H groups in total. The molecular weight excluding hydrogens is 324 g/mol. The summed E-state index contributed by atoms with van der Waals surface area (Å²) in [5.74, 6) is 2.63. The number of alkyl halides is 2. The molecule has 4 rings (SSSR count). The van der Waals surface area contributed by atoms with E-state index in [4.69, 9.17) is 0 Å². The molecule has 4 fully saturated rings. The zero-order valence-electron chi connectivity index (χ0n) is 7.90. The highest BCUT2D eigenvalue weighted by Gasteiger charge is 2.74. The van der Waals surface area contributed by atoms with Crippen LogP contribution in [0.5, 0.6) is 0 Å². The summed E-state index contributed by atoms with van der Waals surface area (Å²) >= 11 is 7.09. The second-order valence-electron chi connectivity index (χ2n) is 5.38. The zero-order valence-corrected chi connectivity index (χ0v) is 11.1. The van der Waals surface area contributed by atoms with Gasteiger partial charge in [-0.1, -0.05) is 31.9 Å². The van der Waals surface area contributed by atoms with Crippen molar-refractivity contribution >= 4 is 43.4 Å². The van der Waals surface area contributed by atoms with Gasteiger partial charge in [0.15, 0.2) is 11.6 Å². The molecule has 4 heteroatoms. The normalized spacial score (nSPS) is 64.7. The van der Waals surface area contributed by atoms with Gasteiger partial charge in [0.25, 0.3) is 0 Å². The Labute approximate surface area is 104 Å². The largest absolute Gasteiger partial charge is 0.298 e. The van der Waals surface area contributed by atoms with Gasteiger partial charge in [-0.05, 0) is 30.1 Å². The minimum atomic E-state index is 0.0284. The third-order valence-electron chi connectivity index (χ3n) is 5.16. The summed E-state index contributed by atoms with van der Waals surface area (Å²) in [6, 6.07) is 0. The van der Waals surface area contributed by atoms with Crippen LogP contribution in [0.4, 0.5) is 0 Å². The van der Waals surface area contributed by atoms with Gasteiger partial charge in [0.2, 0.25) is 0 Å². The monoisotopic (exact) mass is 332 g/mol. The summed E-state index contributed by atoms with van der Waals surface area (Å²) in [5, 5.41) is 0. The minimum Gasteiger partial charge on any atom is -0.298 e. The number of rotatable bonds is 0. The first-order valence-corrected chi connectivity index (χ1v) is 7.31. The lowest BCUT2D eigenvalue weighted by Crippen LogP contribution is -2.29. The van der Waals surface area contributed by atoms with E-state index in [0.29, 0.717) is 35.2 Å². The Morgan fingerprint density at radius 3 is 1.67 bits per heavy atom. The van der Waals surface area contributed by atoms with E-state index in [-0.39, 0.29) is 21.5 Å². The summed E-state index contributed by atoms with van der Waals surface area (Å²) in [5.41, 5.74) is 0. The smallest absolute Gasteiger partial charge is 0.150 e. The summed E-state index contributed by atoms with van der Waals surface area (Å²) < 4.78 is 0. The van der Waals surface area contributed by atoms with Crippen molar-refractivity contribution in [3.63, 3.8) is 0 Å². The van der Waals surface area contributed by atoms with E-state index in [0.717, 1.165) is 6.42 Å². The summed E-state index contributed by atoms with van der Waals surface area (Å²) in [6.45, 7) is 0. The first-order chi connectivity index (χ1) is 7.13. The highest BCUT2D eigenvalue weighted by molar-refractivity contribution is 9.10. The number of halogens is 2. The number of hydrogen-bond acceptors (Lipinski definition) is 2. The van der Waals surface area contributed by atoms with Crippen LogP contribution in [0.1, 0.15) is 6.42 Å². The predicted octanol–water partition coefficient (Wildman–Crippen LogP) is 1.79. The molecule has 15 heavy (non-hydrogen) atoms. The van der Waals surface area contributed by atoms with E-state index < -0.39 is 0 Å². The Morgan fingerprint density at radius 1 is 0.867 bits per heavy atom. The Kier molecular flexibility index (Phi) is 1.61. The van der Waals surface area contributed by atoms with Crippen molar-refractivity contribution in [1.29, 1.82) is 0 Å². The predicted molar refractivity (Wildman–Crippen MR) is 61.0 cm³/mol. The van der Waals surface area contributed by atoms with Gasteiger partial charge < -0.3 is 0 Å². The highest BCUT2D eigenvalue weighted by atomic mass is 79.9. The van der Waals surface area contributed by atoms with Gasteiger partial charge in [-0.2, -0.15) is 0 Å². The molecule has 0 aliphatic heterocycles. The van der Waals surface area contributed by atoms with Crippen LogP contribution in [-0.2, 0) is 9.59 Å². The summed E-state index contributed by atoms with van der Waals surface area (Å²) in [6.07, 6.45) is 1.12. The lowest BCUT2D eigenvalue weighted by Gasteiger charge is -2.25. The van der Waals surface area contributed by atoms with E-state index in [1.807, 2.05) is 0 Å². The van der Waals surface area contributed by atoms with Crippen LogP contribution in [0, 0.1) is 35.5 Å². The number of carbonyl (C=O) groups excluding carboxylic acids is 2. The molecule has 0 aromatic carbocycles. The zero-order chi connectivity index (χ0) is 10.5. The van der Waals surface area contributed by atoms with Crippen molar-refractivity contribution in [3.8, 4) is 0 Å². The maximum Gasteiger partial charge on any atom is 0.150 e. The van der Waals surface area contributed by atoms with Crippen LogP contribution < -0.4 is 0 Å². The van der Waals surface area contributed by atoms with Gasteiger partial charge in [-0.25, -0.2) is 0 Å². The average Bonchev–Trinajstić information content (AvgIpc) is 2.85. The molecule has 80 valence electrons. The molecule has 2 bridgehead atoms. The van der Waals surface area contributed by atoms with Gasteiger partial charge in [-0.3, -0.25) is 9.59 Å². The molecule has 6 unspecified atom stereocenters. The van der Waals surface area contributed by atoms with E-state index in [1.54, 1.807) is 0 Å². The molecular formula is C11H10Br2O2. The molecule has 4 saturated carbocycles. The van der Waals surface area contributed by atoms with E-state index in [2.05, 4.69) is 31.9 Å². The summed E-state index contributed by atoms with van der Waals surface area (Å²) in [7, 11) is 0. The fraction of sp³-hybridized carbons (Fsp3) is 0.818. The molecule has 0 heterocycles. The molecule has 8 atom stereocenters. The molecule has 0 aromatic heterocycles. The number of carbonyl (C=O) groups is 2. The van der Waals surface area contributed by atoms with Gasteiger partial charge >= 0.3 is 0 Å². The molecule has 0 spiro atoms. The number of hydrogen-bond donors (Lipinski definition) is 0. The van der Waals surface area contributed by atoms with Gasteiger partial charge in [0.05, 0.1) is 9.65 Å². The summed E-state index contributed by atoms with van der Waals surface area (Å²) in [4.78, 5) is 24.2. The second-order valence-corrected chi connectivity index (χ2v) is 7.35. The Morgan fingerprint density at radius 2 is 1.27 bits per heavy atom. The fourth-order valence-electron chi connectivity index (χ4n) is 4.85. The van der Waals surface area contributed by atoms with Gasteiger partial charge in [-0.15, -0.1) is 0 Å². The van der Waals surface area contributed by atoms with Crippen LogP contribution >= 0.6 is 31.9 Å². The Bertz CT molecular complexity index is 358. The first kappa shape index (κ1) is 9.34. The van der Waals surface area contributed by atoms with Gasteiger partial charge in [0, 0.05) is 11.8 Å². The quantitative estimate of drug-likeness (QED) is 0.633. The van der Waals surface area contributed by atoms with Crippen molar-refractivity contribution in [1.82, 2.24) is 0 Å². The van der Waals surface area contributed by atoms with Crippen molar-refractivity contribution in [3.05, 3.63) is 0 Å². The van der Waals surface area contributed by atoms with Crippen LogP contribution in [-0.4, -0.2) is 21.2 Å². The van der Waals surface area contributed by atoms with E-state index in [9.17, 15) is 9.59 Å². The molecule has 0 amide bonds. The molecule has 0 radical (unpaired) electrons. The van der Waals surface area contributed by atoms with Crippen LogP contribution in [0.25, 0.3) is 0 Å². The second kappa shape index (κ2) is 2.58. The number of fused-ring (bicyclic) bond motifs is 2. The SMILES string of the molecule is O=C1C(Br)C2C3C(Br)C(=O)C4C1[C@H]2C[C@@H]43. The molecule has 2 nitrogen and oxygen atoms in total. The van der Waals surface area contributed by atoms with Crippen LogP contribution in [0.3, 0.4) is 0 Å². The third-order valence-corrected chi connectivity index (χ3v) is 7.29. The first-order valence-electron chi connectivity index (χ1n) is 5.48. The molecule has 4 aliphatic rings. The van der Waals surface area contributed by atoms with E-state index >= 15 is 0 Å². The van der Waals surface area contributed by atoms with Crippen molar-refractivity contribution in [2.45, 2.75) is 16.1 Å². The van der Waals surface area contributed by atoms with Crippen molar-refractivity contribution < 1.29 is 9.59 Å². The lowest BCUT2D eigenvalue weighted by atomic mass is 9.79. The third kappa shape index (κ3) is 0.791. The molecule has 0 saturated heterocycles. The minimum absolute atomic E-state index is 0.0284. The van der Waals surface area contributed by atoms with Crippen molar-refractivity contribution in [2.24, 2.45) is 35.5 Å². The van der Waals surface area contributed by atoms with E-state index in [1.165, 1.54) is 0 Å². The maximum atomic E-state index is 12.1. The van der Waals surface area contributed by atoms with Crippen molar-refractivity contribution in [2.75, 3.05) is 0 Å². The van der Waals surface area contributed by atoms with Crippen LogP contribution in [0.15, 0.2) is 0 Å². The Hall–Kier alpha value is 0.300. The lowest BCUT2D eigenvalue weighted by molar-refractivity contribution is -0.128. The Balaban J connectivity index is 1.93. The number of Topliss-reactive ketones (excluding diaryl/α,β-unsaturated/α-hetero) is 2. The average molecular weight is 334 g/mol. The standard InChI is InChI=1S/C11H10Br2O2/c12-8-4-2-1-3-5(4)9(13)11(15)7(3)6(2)10(8)14/h2-9H,1H2/t2-,3+,4?,5?,6?,7?,8?,9?. The highest BCUT2D eigenvalue weighted by Crippen LogP contribution is 2.70. The molecule has 0 aromatic rings. The van der Waals surface area contributed by atoms with Crippen LogP contribution in [0.2, 0.25) is 0 Å². The number of ketones is 2. The maximum absolute atomic E-state index is 12.1. The fourth-order valence-corrected chi connectivity index (χ4v) is 6.95. The molecule has 4 aliphatic carbocycles. The topological polar surface area (TPSA) is 34.1 Å². The van der Waals surface area contributed by atoms with Gasteiger partial charge in [0.1, 0.15) is 0 Å².